The number of benzene rings is 1. The summed E-state index contributed by atoms with van der Waals surface area (Å²) < 4.78 is 0. The fraction of sp³-hybridized carbons (Fsp3) is 0.357. The second-order valence-corrected chi connectivity index (χ2v) is 4.94. The van der Waals surface area contributed by atoms with Gasteiger partial charge in [-0.25, -0.2) is 4.98 Å². The highest BCUT2D eigenvalue weighted by molar-refractivity contribution is 5.89. The van der Waals surface area contributed by atoms with Gasteiger partial charge in [0.05, 0.1) is 5.52 Å². The number of carbonyl (C=O) groups excluding carboxylic acids is 1. The highest BCUT2D eigenvalue weighted by atomic mass is 16.2. The topological polar surface area (TPSA) is 92.9 Å². The van der Waals surface area contributed by atoms with Gasteiger partial charge in [0.1, 0.15) is 5.82 Å². The molecule has 6 nitrogen and oxygen atoms in total. The molecule has 0 saturated heterocycles. The minimum Gasteiger partial charge on any atom is -0.368 e. The first-order valence-corrected chi connectivity index (χ1v) is 6.78. The largest absolute Gasteiger partial charge is 0.368 e. The lowest BCUT2D eigenvalue weighted by molar-refractivity contribution is -0.122. The number of nitrogens with one attached hydrogen (secondary N) is 2. The Bertz CT molecular complexity index is 638. The van der Waals surface area contributed by atoms with Crippen molar-refractivity contribution in [2.75, 3.05) is 24.1 Å². The van der Waals surface area contributed by atoms with Crippen LogP contribution in [-0.2, 0) is 4.79 Å². The van der Waals surface area contributed by atoms with E-state index < -0.39 is 0 Å². The lowest BCUT2D eigenvalue weighted by Crippen LogP contribution is -2.30. The molecule has 1 saturated carbocycles. The summed E-state index contributed by atoms with van der Waals surface area (Å²) in [5.41, 5.74) is 6.50. The van der Waals surface area contributed by atoms with Crippen LogP contribution in [-0.4, -0.2) is 29.0 Å². The van der Waals surface area contributed by atoms with E-state index in [1.165, 1.54) is 0 Å². The molecule has 0 bridgehead atoms. The van der Waals surface area contributed by atoms with E-state index in [9.17, 15) is 4.79 Å². The van der Waals surface area contributed by atoms with Crippen LogP contribution in [0.15, 0.2) is 24.3 Å². The SMILES string of the molecule is Nc1nc(NCCNC(=O)C2CC2)c2ccccc2n1. The summed E-state index contributed by atoms with van der Waals surface area (Å²) in [5.74, 6) is 1.34. The van der Waals surface area contributed by atoms with E-state index in [0.717, 1.165) is 23.7 Å². The monoisotopic (exact) mass is 271 g/mol. The third-order valence-electron chi connectivity index (χ3n) is 3.29. The maximum atomic E-state index is 11.5. The van der Waals surface area contributed by atoms with Crippen LogP contribution in [0.3, 0.4) is 0 Å². The van der Waals surface area contributed by atoms with Gasteiger partial charge in [-0.3, -0.25) is 4.79 Å². The maximum absolute atomic E-state index is 11.5. The summed E-state index contributed by atoms with van der Waals surface area (Å²) in [4.78, 5) is 19.9. The summed E-state index contributed by atoms with van der Waals surface area (Å²) in [6.07, 6.45) is 2.04. The lowest BCUT2D eigenvalue weighted by atomic mass is 10.2. The number of fused-ring (bicyclic) bond motifs is 1. The number of para-hydroxylation sites is 1. The van der Waals surface area contributed by atoms with Crippen LogP contribution in [0.4, 0.5) is 11.8 Å². The molecule has 1 amide bonds. The highest BCUT2D eigenvalue weighted by Gasteiger charge is 2.28. The van der Waals surface area contributed by atoms with Crippen LogP contribution in [0, 0.1) is 5.92 Å². The zero-order chi connectivity index (χ0) is 13.9. The molecule has 1 fully saturated rings. The third kappa shape index (κ3) is 2.79. The van der Waals surface area contributed by atoms with E-state index in [1.807, 2.05) is 24.3 Å². The average molecular weight is 271 g/mol. The van der Waals surface area contributed by atoms with Crippen molar-refractivity contribution in [3.63, 3.8) is 0 Å². The van der Waals surface area contributed by atoms with Gasteiger partial charge < -0.3 is 16.4 Å². The van der Waals surface area contributed by atoms with Gasteiger partial charge in [-0.05, 0) is 25.0 Å². The first-order chi connectivity index (χ1) is 9.74. The van der Waals surface area contributed by atoms with E-state index in [0.29, 0.717) is 18.9 Å². The van der Waals surface area contributed by atoms with Crippen molar-refractivity contribution in [1.29, 1.82) is 0 Å². The molecule has 0 spiro atoms. The number of nitrogens with zero attached hydrogens (tertiary/aromatic N) is 2. The van der Waals surface area contributed by atoms with Crippen LogP contribution < -0.4 is 16.4 Å². The van der Waals surface area contributed by atoms with Gasteiger partial charge in [0.2, 0.25) is 11.9 Å². The van der Waals surface area contributed by atoms with Crippen molar-refractivity contribution in [2.45, 2.75) is 12.8 Å². The van der Waals surface area contributed by atoms with Gasteiger partial charge in [-0.1, -0.05) is 12.1 Å². The quantitative estimate of drug-likeness (QED) is 0.709. The first-order valence-electron chi connectivity index (χ1n) is 6.78. The second-order valence-electron chi connectivity index (χ2n) is 4.94. The number of amides is 1. The Balaban J connectivity index is 1.63. The number of nitrogens with two attached hydrogens (primary N) is 1. The molecular formula is C14H17N5O. The normalized spacial score (nSPS) is 14.2. The van der Waals surface area contributed by atoms with Crippen molar-refractivity contribution in [3.8, 4) is 0 Å². The molecule has 104 valence electrons. The fourth-order valence-corrected chi connectivity index (χ4v) is 2.09. The summed E-state index contributed by atoms with van der Waals surface area (Å²) in [6, 6.07) is 7.68. The van der Waals surface area contributed by atoms with E-state index in [1.54, 1.807) is 0 Å². The van der Waals surface area contributed by atoms with Crippen molar-refractivity contribution >= 4 is 28.6 Å². The number of carbonyl (C=O) groups is 1. The van der Waals surface area contributed by atoms with Gasteiger partial charge in [0.15, 0.2) is 0 Å². The van der Waals surface area contributed by atoms with E-state index in [4.69, 9.17) is 5.73 Å². The van der Waals surface area contributed by atoms with Gasteiger partial charge >= 0.3 is 0 Å². The molecule has 1 aliphatic carbocycles. The fourth-order valence-electron chi connectivity index (χ4n) is 2.09. The molecule has 0 unspecified atom stereocenters. The van der Waals surface area contributed by atoms with Crippen molar-refractivity contribution in [1.82, 2.24) is 15.3 Å². The van der Waals surface area contributed by atoms with Crippen molar-refractivity contribution in [2.24, 2.45) is 5.92 Å². The Morgan fingerprint density at radius 2 is 2.05 bits per heavy atom. The third-order valence-corrected chi connectivity index (χ3v) is 3.29. The molecule has 20 heavy (non-hydrogen) atoms. The molecule has 0 atom stereocenters. The Hall–Kier alpha value is -2.37. The minimum atomic E-state index is 0.152. The van der Waals surface area contributed by atoms with Crippen LogP contribution in [0.25, 0.3) is 10.9 Å². The molecule has 1 aliphatic rings. The van der Waals surface area contributed by atoms with Crippen LogP contribution in [0.2, 0.25) is 0 Å². The molecule has 3 rings (SSSR count). The summed E-state index contributed by atoms with van der Waals surface area (Å²) in [5, 5.41) is 7.02. The predicted molar refractivity (Wildman–Crippen MR) is 78.2 cm³/mol. The minimum absolute atomic E-state index is 0.152. The molecule has 0 radical (unpaired) electrons. The number of nitrogen functional groups attached to an aromatic ring is 1. The molecular weight excluding hydrogens is 254 g/mol. The molecule has 6 heteroatoms. The average Bonchev–Trinajstić information content (AvgIpc) is 3.27. The predicted octanol–water partition coefficient (Wildman–Crippen LogP) is 1.15. The Labute approximate surface area is 116 Å². The van der Waals surface area contributed by atoms with Crippen LogP contribution >= 0.6 is 0 Å². The second kappa shape index (κ2) is 5.32. The molecule has 4 N–H and O–H groups in total. The van der Waals surface area contributed by atoms with E-state index in [2.05, 4.69) is 20.6 Å². The Morgan fingerprint density at radius 1 is 1.25 bits per heavy atom. The number of hydrogen-bond acceptors (Lipinski definition) is 5. The zero-order valence-corrected chi connectivity index (χ0v) is 11.1. The Morgan fingerprint density at radius 3 is 2.85 bits per heavy atom. The zero-order valence-electron chi connectivity index (χ0n) is 11.1. The molecule has 1 aromatic heterocycles. The van der Waals surface area contributed by atoms with Gasteiger partial charge in [0, 0.05) is 24.4 Å². The molecule has 0 aliphatic heterocycles. The van der Waals surface area contributed by atoms with Crippen LogP contribution in [0.1, 0.15) is 12.8 Å². The standard InChI is InChI=1S/C14H17N5O/c15-14-18-11-4-2-1-3-10(11)12(19-14)16-7-8-17-13(20)9-5-6-9/h1-4,9H,5-8H2,(H,17,20)(H3,15,16,18,19). The first kappa shape index (κ1) is 12.7. The van der Waals surface area contributed by atoms with Gasteiger partial charge in [0.25, 0.3) is 0 Å². The highest BCUT2D eigenvalue weighted by Crippen LogP contribution is 2.28. The number of anilines is 2. The summed E-state index contributed by atoms with van der Waals surface area (Å²) in [6.45, 7) is 1.19. The van der Waals surface area contributed by atoms with Gasteiger partial charge in [-0.15, -0.1) is 0 Å². The van der Waals surface area contributed by atoms with Crippen molar-refractivity contribution in [3.05, 3.63) is 24.3 Å². The number of rotatable bonds is 5. The van der Waals surface area contributed by atoms with Gasteiger partial charge in [-0.2, -0.15) is 4.98 Å². The Kier molecular flexibility index (Phi) is 3.37. The smallest absolute Gasteiger partial charge is 0.223 e. The summed E-state index contributed by atoms with van der Waals surface area (Å²) >= 11 is 0. The van der Waals surface area contributed by atoms with E-state index >= 15 is 0 Å². The number of aromatic nitrogens is 2. The van der Waals surface area contributed by atoms with E-state index in [-0.39, 0.29) is 17.8 Å². The lowest BCUT2D eigenvalue weighted by Gasteiger charge is -2.10. The van der Waals surface area contributed by atoms with Crippen molar-refractivity contribution < 1.29 is 4.79 Å². The molecule has 2 aromatic rings. The molecule has 1 heterocycles. The van der Waals surface area contributed by atoms with Crippen LogP contribution in [0.5, 0.6) is 0 Å². The number of hydrogen-bond donors (Lipinski definition) is 3. The molecule has 1 aromatic carbocycles. The maximum Gasteiger partial charge on any atom is 0.223 e. The summed E-state index contributed by atoms with van der Waals surface area (Å²) in [7, 11) is 0.